The summed E-state index contributed by atoms with van der Waals surface area (Å²) in [6.07, 6.45) is 0.861. The molecule has 19 heavy (non-hydrogen) atoms. The molecule has 0 amide bonds. The number of benzene rings is 1. The van der Waals surface area contributed by atoms with E-state index in [4.69, 9.17) is 5.84 Å². The Morgan fingerprint density at radius 1 is 1.11 bits per heavy atom. The number of fused-ring (bicyclic) bond motifs is 1. The van der Waals surface area contributed by atoms with Gasteiger partial charge in [0.1, 0.15) is 0 Å². The number of rotatable bonds is 4. The zero-order valence-corrected chi connectivity index (χ0v) is 11.2. The van der Waals surface area contributed by atoms with Crippen molar-refractivity contribution < 1.29 is 0 Å². The molecule has 0 saturated heterocycles. The van der Waals surface area contributed by atoms with Gasteiger partial charge in [0.2, 0.25) is 0 Å². The second-order valence-corrected chi connectivity index (χ2v) is 5.46. The number of pyridine rings is 1. The highest BCUT2D eigenvalue weighted by molar-refractivity contribution is 7.09. The molecule has 0 saturated carbocycles. The van der Waals surface area contributed by atoms with E-state index in [1.807, 2.05) is 24.3 Å². The molecule has 3 nitrogen and oxygen atoms in total. The van der Waals surface area contributed by atoms with E-state index in [-0.39, 0.29) is 6.04 Å². The number of nitrogens with one attached hydrogen (secondary N) is 1. The first-order valence-corrected chi connectivity index (χ1v) is 7.09. The number of para-hydroxylation sites is 1. The van der Waals surface area contributed by atoms with Crippen molar-refractivity contribution in [1.29, 1.82) is 0 Å². The highest BCUT2D eigenvalue weighted by atomic mass is 32.1. The molecule has 1 aromatic carbocycles. The van der Waals surface area contributed by atoms with E-state index in [0.717, 1.165) is 23.0 Å². The van der Waals surface area contributed by atoms with Gasteiger partial charge in [-0.3, -0.25) is 16.3 Å². The first-order valence-electron chi connectivity index (χ1n) is 6.21. The summed E-state index contributed by atoms with van der Waals surface area (Å²) in [6, 6.07) is 16.5. The lowest BCUT2D eigenvalue weighted by atomic mass is 10.1. The van der Waals surface area contributed by atoms with Crippen molar-refractivity contribution in [2.24, 2.45) is 5.84 Å². The molecular formula is C15H15N3S. The van der Waals surface area contributed by atoms with Crippen LogP contribution in [-0.4, -0.2) is 4.98 Å². The Hall–Kier alpha value is -1.75. The summed E-state index contributed by atoms with van der Waals surface area (Å²) >= 11 is 1.74. The van der Waals surface area contributed by atoms with Crippen molar-refractivity contribution >= 4 is 22.2 Å². The molecule has 2 heterocycles. The minimum atomic E-state index is 0.0447. The highest BCUT2D eigenvalue weighted by Crippen LogP contribution is 2.21. The van der Waals surface area contributed by atoms with Crippen LogP contribution in [0.5, 0.6) is 0 Å². The summed E-state index contributed by atoms with van der Waals surface area (Å²) < 4.78 is 0. The molecule has 0 aliphatic heterocycles. The van der Waals surface area contributed by atoms with Crippen molar-refractivity contribution in [2.75, 3.05) is 0 Å². The summed E-state index contributed by atoms with van der Waals surface area (Å²) in [6.45, 7) is 0. The summed E-state index contributed by atoms with van der Waals surface area (Å²) in [5.41, 5.74) is 4.85. The molecule has 0 aliphatic rings. The summed E-state index contributed by atoms with van der Waals surface area (Å²) in [5, 5.41) is 3.23. The maximum atomic E-state index is 5.68. The van der Waals surface area contributed by atoms with Gasteiger partial charge < -0.3 is 0 Å². The van der Waals surface area contributed by atoms with E-state index in [1.54, 1.807) is 11.3 Å². The maximum Gasteiger partial charge on any atom is 0.0706 e. The number of nitrogens with zero attached hydrogens (tertiary/aromatic N) is 1. The molecule has 3 rings (SSSR count). The van der Waals surface area contributed by atoms with Gasteiger partial charge >= 0.3 is 0 Å². The van der Waals surface area contributed by atoms with E-state index >= 15 is 0 Å². The number of nitrogens with two attached hydrogens (primary N) is 1. The zero-order chi connectivity index (χ0) is 13.1. The smallest absolute Gasteiger partial charge is 0.0706 e. The minimum Gasteiger partial charge on any atom is -0.271 e. The van der Waals surface area contributed by atoms with Crippen molar-refractivity contribution in [3.8, 4) is 0 Å². The largest absolute Gasteiger partial charge is 0.271 e. The lowest BCUT2D eigenvalue weighted by molar-refractivity contribution is 0.543. The molecule has 4 heteroatoms. The molecule has 96 valence electrons. The average molecular weight is 269 g/mol. The predicted octanol–water partition coefficient (Wildman–Crippen LogP) is 3.04. The Kier molecular flexibility index (Phi) is 3.55. The van der Waals surface area contributed by atoms with Gasteiger partial charge in [-0.2, -0.15) is 0 Å². The molecule has 3 N–H and O–H groups in total. The normalized spacial score (nSPS) is 12.7. The monoisotopic (exact) mass is 269 g/mol. The Morgan fingerprint density at radius 2 is 2.00 bits per heavy atom. The highest BCUT2D eigenvalue weighted by Gasteiger charge is 2.13. The van der Waals surface area contributed by atoms with Gasteiger partial charge in [-0.25, -0.2) is 0 Å². The first kappa shape index (κ1) is 12.3. The zero-order valence-electron chi connectivity index (χ0n) is 10.4. The van der Waals surface area contributed by atoms with Crippen LogP contribution in [0.2, 0.25) is 0 Å². The Bertz CT molecular complexity index is 664. The third-order valence-corrected chi connectivity index (χ3v) is 4.06. The molecule has 2 aromatic heterocycles. The fourth-order valence-corrected chi connectivity index (χ4v) is 2.91. The number of aromatic nitrogens is 1. The van der Waals surface area contributed by atoms with Crippen LogP contribution in [0.25, 0.3) is 10.9 Å². The SMILES string of the molecule is NNC(Cc1cccs1)c1ccc2ccccc2n1. The van der Waals surface area contributed by atoms with Crippen LogP contribution in [0, 0.1) is 0 Å². The topological polar surface area (TPSA) is 50.9 Å². The fourth-order valence-electron chi connectivity index (χ4n) is 2.15. The molecule has 0 radical (unpaired) electrons. The van der Waals surface area contributed by atoms with E-state index in [2.05, 4.69) is 40.1 Å². The first-order chi connectivity index (χ1) is 9.36. The molecule has 1 atom stereocenters. The third kappa shape index (κ3) is 2.66. The van der Waals surface area contributed by atoms with Crippen LogP contribution in [-0.2, 0) is 6.42 Å². The van der Waals surface area contributed by atoms with Crippen molar-refractivity contribution in [1.82, 2.24) is 10.4 Å². The van der Waals surface area contributed by atoms with E-state index in [9.17, 15) is 0 Å². The van der Waals surface area contributed by atoms with Gasteiger partial charge in [0, 0.05) is 16.7 Å². The predicted molar refractivity (Wildman–Crippen MR) is 79.8 cm³/mol. The van der Waals surface area contributed by atoms with Crippen molar-refractivity contribution in [2.45, 2.75) is 12.5 Å². The Labute approximate surface area is 116 Å². The quantitative estimate of drug-likeness (QED) is 0.565. The van der Waals surface area contributed by atoms with Gasteiger partial charge in [-0.1, -0.05) is 30.3 Å². The lowest BCUT2D eigenvalue weighted by Gasteiger charge is -2.15. The summed E-state index contributed by atoms with van der Waals surface area (Å²) in [5.74, 6) is 5.68. The van der Waals surface area contributed by atoms with Gasteiger partial charge in [0.15, 0.2) is 0 Å². The van der Waals surface area contributed by atoms with Crippen LogP contribution in [0.3, 0.4) is 0 Å². The van der Waals surface area contributed by atoms with Gasteiger partial charge in [0.05, 0.1) is 17.3 Å². The second kappa shape index (κ2) is 5.48. The molecule has 0 bridgehead atoms. The van der Waals surface area contributed by atoms with E-state index in [1.165, 1.54) is 4.88 Å². The van der Waals surface area contributed by atoms with Crippen molar-refractivity contribution in [3.05, 3.63) is 64.5 Å². The van der Waals surface area contributed by atoms with Crippen LogP contribution < -0.4 is 11.3 Å². The summed E-state index contributed by atoms with van der Waals surface area (Å²) in [4.78, 5) is 5.99. The van der Waals surface area contributed by atoms with Crippen LogP contribution >= 0.6 is 11.3 Å². The van der Waals surface area contributed by atoms with Crippen LogP contribution in [0.1, 0.15) is 16.6 Å². The minimum absolute atomic E-state index is 0.0447. The molecule has 1 unspecified atom stereocenters. The number of hydrogen-bond donors (Lipinski definition) is 2. The molecule has 0 fully saturated rings. The third-order valence-electron chi connectivity index (χ3n) is 3.16. The Balaban J connectivity index is 1.92. The Morgan fingerprint density at radius 3 is 2.79 bits per heavy atom. The maximum absolute atomic E-state index is 5.68. The van der Waals surface area contributed by atoms with Crippen LogP contribution in [0.4, 0.5) is 0 Å². The fraction of sp³-hybridized carbons (Fsp3) is 0.133. The number of thiophene rings is 1. The van der Waals surface area contributed by atoms with Crippen molar-refractivity contribution in [3.63, 3.8) is 0 Å². The number of hydrogen-bond acceptors (Lipinski definition) is 4. The van der Waals surface area contributed by atoms with E-state index in [0.29, 0.717) is 0 Å². The van der Waals surface area contributed by atoms with Gasteiger partial charge in [0.25, 0.3) is 0 Å². The molecular weight excluding hydrogens is 254 g/mol. The molecule has 0 aliphatic carbocycles. The second-order valence-electron chi connectivity index (χ2n) is 4.43. The number of hydrazine groups is 1. The van der Waals surface area contributed by atoms with Gasteiger partial charge in [-0.05, 0) is 23.6 Å². The van der Waals surface area contributed by atoms with Crippen LogP contribution in [0.15, 0.2) is 53.9 Å². The molecule has 3 aromatic rings. The molecule has 0 spiro atoms. The lowest BCUT2D eigenvalue weighted by Crippen LogP contribution is -2.30. The summed E-state index contributed by atoms with van der Waals surface area (Å²) in [7, 11) is 0. The average Bonchev–Trinajstić information content (AvgIpc) is 2.97. The van der Waals surface area contributed by atoms with E-state index < -0.39 is 0 Å². The van der Waals surface area contributed by atoms with Gasteiger partial charge in [-0.15, -0.1) is 11.3 Å². The standard InChI is InChI=1S/C15H15N3S/c16-18-15(10-12-5-3-9-19-12)14-8-7-11-4-1-2-6-13(11)17-14/h1-9,15,18H,10,16H2.